The zero-order chi connectivity index (χ0) is 12.3. The second-order valence-electron chi connectivity index (χ2n) is 4.31. The van der Waals surface area contributed by atoms with Crippen molar-refractivity contribution in [2.75, 3.05) is 0 Å². The molecule has 1 aromatic heterocycles. The monoisotopic (exact) mass is 226 g/mol. The molecule has 0 aromatic carbocycles. The van der Waals surface area contributed by atoms with Gasteiger partial charge < -0.3 is 14.8 Å². The summed E-state index contributed by atoms with van der Waals surface area (Å²) in [7, 11) is 0. The molecule has 90 valence electrons. The Morgan fingerprint density at radius 3 is 2.62 bits per heavy atom. The van der Waals surface area contributed by atoms with Gasteiger partial charge in [-0.05, 0) is 20.3 Å². The summed E-state index contributed by atoms with van der Waals surface area (Å²) in [5, 5.41) is 18.7. The third kappa shape index (κ3) is 2.82. The molecule has 0 fully saturated rings. The van der Waals surface area contributed by atoms with E-state index >= 15 is 0 Å². The largest absolute Gasteiger partial charge is 0.481 e. The van der Waals surface area contributed by atoms with E-state index in [0.717, 1.165) is 0 Å². The summed E-state index contributed by atoms with van der Waals surface area (Å²) in [6.07, 6.45) is 2.65. The van der Waals surface area contributed by atoms with Crippen LogP contribution in [0.25, 0.3) is 0 Å². The quantitative estimate of drug-likeness (QED) is 0.799. The minimum absolute atomic E-state index is 0.201. The number of carboxylic acids is 1. The van der Waals surface area contributed by atoms with E-state index < -0.39 is 18.0 Å². The van der Waals surface area contributed by atoms with Gasteiger partial charge in [-0.25, -0.2) is 4.98 Å². The van der Waals surface area contributed by atoms with Gasteiger partial charge >= 0.3 is 5.97 Å². The second kappa shape index (κ2) is 5.12. The summed E-state index contributed by atoms with van der Waals surface area (Å²) in [4.78, 5) is 14.7. The first-order valence-corrected chi connectivity index (χ1v) is 5.36. The molecule has 2 atom stereocenters. The molecule has 0 aliphatic heterocycles. The third-order valence-corrected chi connectivity index (χ3v) is 2.59. The maximum Gasteiger partial charge on any atom is 0.306 e. The van der Waals surface area contributed by atoms with E-state index in [1.165, 1.54) is 0 Å². The molecule has 0 saturated carbocycles. The number of nitrogens with zero attached hydrogens (tertiary/aromatic N) is 2. The Morgan fingerprint density at radius 1 is 1.50 bits per heavy atom. The van der Waals surface area contributed by atoms with Crippen LogP contribution in [0.4, 0.5) is 0 Å². The molecular formula is C11H18N2O3. The molecule has 5 heteroatoms. The van der Waals surface area contributed by atoms with Crippen molar-refractivity contribution in [3.05, 3.63) is 18.2 Å². The first-order valence-electron chi connectivity index (χ1n) is 5.36. The van der Waals surface area contributed by atoms with Crippen molar-refractivity contribution < 1.29 is 15.0 Å². The number of carbonyl (C=O) groups is 1. The highest BCUT2D eigenvalue weighted by Gasteiger charge is 2.20. The standard InChI is InChI=1S/C11H18N2O3/c1-7(2)13-6-12-5-9(13)10(14)4-8(3)11(15)16/h5-8,10,14H,4H2,1-3H3,(H,15,16). The van der Waals surface area contributed by atoms with Crippen LogP contribution in [0.5, 0.6) is 0 Å². The minimum Gasteiger partial charge on any atom is -0.481 e. The molecule has 0 saturated heterocycles. The van der Waals surface area contributed by atoms with Crippen molar-refractivity contribution in [2.45, 2.75) is 39.3 Å². The predicted octanol–water partition coefficient (Wildman–Crippen LogP) is 1.61. The lowest BCUT2D eigenvalue weighted by molar-refractivity contribution is -0.142. The molecule has 2 N–H and O–H groups in total. The van der Waals surface area contributed by atoms with Crippen molar-refractivity contribution in [2.24, 2.45) is 5.92 Å². The molecule has 5 nitrogen and oxygen atoms in total. The summed E-state index contributed by atoms with van der Waals surface area (Å²) >= 11 is 0. The van der Waals surface area contributed by atoms with Crippen molar-refractivity contribution in [1.29, 1.82) is 0 Å². The number of aliphatic carboxylic acids is 1. The first kappa shape index (κ1) is 12.7. The van der Waals surface area contributed by atoms with Crippen molar-refractivity contribution >= 4 is 5.97 Å². The predicted molar refractivity (Wildman–Crippen MR) is 59.0 cm³/mol. The number of imidazole rings is 1. The third-order valence-electron chi connectivity index (χ3n) is 2.59. The summed E-state index contributed by atoms with van der Waals surface area (Å²) in [5.74, 6) is -1.46. The van der Waals surface area contributed by atoms with E-state index in [2.05, 4.69) is 4.98 Å². The van der Waals surface area contributed by atoms with Crippen LogP contribution >= 0.6 is 0 Å². The van der Waals surface area contributed by atoms with Crippen molar-refractivity contribution in [3.8, 4) is 0 Å². The maximum atomic E-state index is 10.7. The van der Waals surface area contributed by atoms with Gasteiger partial charge in [0.1, 0.15) is 0 Å². The number of rotatable bonds is 5. The normalized spacial score (nSPS) is 15.1. The molecule has 0 spiro atoms. The van der Waals surface area contributed by atoms with Gasteiger partial charge in [-0.15, -0.1) is 0 Å². The topological polar surface area (TPSA) is 75.4 Å². The lowest BCUT2D eigenvalue weighted by Crippen LogP contribution is -2.16. The summed E-state index contributed by atoms with van der Waals surface area (Å²) in [6.45, 7) is 5.55. The molecule has 16 heavy (non-hydrogen) atoms. The molecule has 2 unspecified atom stereocenters. The Balaban J connectivity index is 2.76. The first-order chi connectivity index (χ1) is 7.43. The van der Waals surface area contributed by atoms with E-state index in [4.69, 9.17) is 5.11 Å². The van der Waals surface area contributed by atoms with E-state index in [1.807, 2.05) is 18.4 Å². The fourth-order valence-electron chi connectivity index (χ4n) is 1.56. The van der Waals surface area contributed by atoms with Gasteiger partial charge in [0, 0.05) is 6.04 Å². The van der Waals surface area contributed by atoms with Gasteiger partial charge in [0.25, 0.3) is 0 Å². The van der Waals surface area contributed by atoms with Crippen LogP contribution in [0.3, 0.4) is 0 Å². The van der Waals surface area contributed by atoms with Gasteiger partial charge in [0.15, 0.2) is 0 Å². The van der Waals surface area contributed by atoms with Crippen LogP contribution in [0, 0.1) is 5.92 Å². The molecule has 1 aromatic rings. The van der Waals surface area contributed by atoms with Crippen LogP contribution in [0.1, 0.15) is 45.0 Å². The number of aliphatic hydroxyl groups is 1. The Kier molecular flexibility index (Phi) is 4.06. The lowest BCUT2D eigenvalue weighted by Gasteiger charge is -2.17. The SMILES string of the molecule is CC(CC(O)c1cncn1C(C)C)C(=O)O. The number of aromatic nitrogens is 2. The lowest BCUT2D eigenvalue weighted by atomic mass is 10.0. The zero-order valence-corrected chi connectivity index (χ0v) is 9.79. The smallest absolute Gasteiger partial charge is 0.306 e. The van der Waals surface area contributed by atoms with Crippen LogP contribution in [0.2, 0.25) is 0 Å². The Bertz CT molecular complexity index is 360. The minimum atomic E-state index is -0.894. The van der Waals surface area contributed by atoms with Gasteiger partial charge in [0.2, 0.25) is 0 Å². The molecule has 0 bridgehead atoms. The molecule has 0 aliphatic carbocycles. The zero-order valence-electron chi connectivity index (χ0n) is 9.79. The highest BCUT2D eigenvalue weighted by molar-refractivity contribution is 5.69. The molecule has 0 amide bonds. The van der Waals surface area contributed by atoms with E-state index in [-0.39, 0.29) is 12.5 Å². The highest BCUT2D eigenvalue weighted by Crippen LogP contribution is 2.23. The van der Waals surface area contributed by atoms with Crippen LogP contribution in [-0.4, -0.2) is 25.7 Å². The van der Waals surface area contributed by atoms with Crippen LogP contribution < -0.4 is 0 Å². The average molecular weight is 226 g/mol. The molecule has 1 rings (SSSR count). The van der Waals surface area contributed by atoms with Gasteiger partial charge in [-0.3, -0.25) is 4.79 Å². The van der Waals surface area contributed by atoms with E-state index in [0.29, 0.717) is 5.69 Å². The average Bonchev–Trinajstić information content (AvgIpc) is 2.65. The van der Waals surface area contributed by atoms with Crippen molar-refractivity contribution in [1.82, 2.24) is 9.55 Å². The summed E-state index contributed by atoms with van der Waals surface area (Å²) in [6, 6.07) is 0.201. The maximum absolute atomic E-state index is 10.7. The Hall–Kier alpha value is -1.36. The fraction of sp³-hybridized carbons (Fsp3) is 0.636. The molecule has 0 radical (unpaired) electrons. The Labute approximate surface area is 94.7 Å². The summed E-state index contributed by atoms with van der Waals surface area (Å²) < 4.78 is 1.85. The Morgan fingerprint density at radius 2 is 2.12 bits per heavy atom. The van der Waals surface area contributed by atoms with Crippen LogP contribution in [-0.2, 0) is 4.79 Å². The second-order valence-corrected chi connectivity index (χ2v) is 4.31. The highest BCUT2D eigenvalue weighted by atomic mass is 16.4. The van der Waals surface area contributed by atoms with E-state index in [1.54, 1.807) is 19.4 Å². The fourth-order valence-corrected chi connectivity index (χ4v) is 1.56. The summed E-state index contributed by atoms with van der Waals surface area (Å²) in [5.41, 5.74) is 0.670. The van der Waals surface area contributed by atoms with Gasteiger partial charge in [-0.2, -0.15) is 0 Å². The van der Waals surface area contributed by atoms with Gasteiger partial charge in [0.05, 0.1) is 30.2 Å². The number of carboxylic acid groups (broad SMARTS) is 1. The molecule has 1 heterocycles. The van der Waals surface area contributed by atoms with Crippen LogP contribution in [0.15, 0.2) is 12.5 Å². The molecule has 0 aliphatic rings. The number of hydrogen-bond donors (Lipinski definition) is 2. The molecular weight excluding hydrogens is 208 g/mol. The van der Waals surface area contributed by atoms with Gasteiger partial charge in [-0.1, -0.05) is 6.92 Å². The van der Waals surface area contributed by atoms with E-state index in [9.17, 15) is 9.90 Å². The number of aliphatic hydroxyl groups excluding tert-OH is 1. The number of hydrogen-bond acceptors (Lipinski definition) is 3. The van der Waals surface area contributed by atoms with Crippen molar-refractivity contribution in [3.63, 3.8) is 0 Å².